The number of rotatable bonds is 6. The number of carbonyl (C=O) groups is 2. The molecule has 0 aliphatic carbocycles. The Balaban J connectivity index is 3.08. The summed E-state index contributed by atoms with van der Waals surface area (Å²) in [6, 6.07) is 3.82. The second kappa shape index (κ2) is 8.09. The average Bonchev–Trinajstić information content (AvgIpc) is 2.42. The number of hydrogen-bond acceptors (Lipinski definition) is 5. The fourth-order valence-corrected chi connectivity index (χ4v) is 1.95. The van der Waals surface area contributed by atoms with E-state index in [1.54, 1.807) is 13.8 Å². The van der Waals surface area contributed by atoms with Gasteiger partial charge in [0, 0.05) is 0 Å². The molecule has 0 spiro atoms. The van der Waals surface area contributed by atoms with Gasteiger partial charge in [-0.25, -0.2) is 4.39 Å². The Kier molecular flexibility index (Phi) is 6.77. The molecule has 0 heterocycles. The molecule has 21 heavy (non-hydrogen) atoms. The smallest absolute Gasteiger partial charge is 0.323 e. The normalized spacial score (nSPS) is 12.1. The van der Waals surface area contributed by atoms with E-state index >= 15 is 0 Å². The number of benzene rings is 1. The Bertz CT molecular complexity index is 502. The van der Waals surface area contributed by atoms with E-state index in [1.165, 1.54) is 12.1 Å². The molecule has 5 nitrogen and oxygen atoms in total. The van der Waals surface area contributed by atoms with E-state index in [-0.39, 0.29) is 23.2 Å². The lowest BCUT2D eigenvalue weighted by Crippen LogP contribution is -2.33. The van der Waals surface area contributed by atoms with E-state index in [1.807, 2.05) is 0 Å². The zero-order valence-electron chi connectivity index (χ0n) is 11.6. The number of esters is 2. The SMILES string of the molecule is CCOC(=O)C(C(=O)OCC)C(O)c1ccc(Br)c(F)c1. The van der Waals surface area contributed by atoms with Crippen LogP contribution in [0.3, 0.4) is 0 Å². The third kappa shape index (κ3) is 4.50. The van der Waals surface area contributed by atoms with Gasteiger partial charge in [0.15, 0.2) is 5.92 Å². The molecular weight excluding hydrogens is 347 g/mol. The predicted octanol–water partition coefficient (Wildman–Crippen LogP) is 2.36. The number of aliphatic hydroxyl groups is 1. The summed E-state index contributed by atoms with van der Waals surface area (Å²) < 4.78 is 23.3. The third-order valence-electron chi connectivity index (χ3n) is 2.68. The van der Waals surface area contributed by atoms with Gasteiger partial charge in [0.1, 0.15) is 11.9 Å². The van der Waals surface area contributed by atoms with Crippen molar-refractivity contribution >= 4 is 27.9 Å². The number of carbonyl (C=O) groups excluding carboxylic acids is 2. The van der Waals surface area contributed by atoms with Gasteiger partial charge in [-0.15, -0.1) is 0 Å². The first-order chi connectivity index (χ1) is 9.92. The number of ether oxygens (including phenoxy) is 2. The van der Waals surface area contributed by atoms with Crippen LogP contribution in [-0.4, -0.2) is 30.3 Å². The van der Waals surface area contributed by atoms with Crippen LogP contribution in [0, 0.1) is 11.7 Å². The lowest BCUT2D eigenvalue weighted by molar-refractivity contribution is -0.167. The van der Waals surface area contributed by atoms with Crippen molar-refractivity contribution in [2.75, 3.05) is 13.2 Å². The predicted molar refractivity (Wildman–Crippen MR) is 75.8 cm³/mol. The Morgan fingerprint density at radius 3 is 2.19 bits per heavy atom. The molecule has 1 rings (SSSR count). The van der Waals surface area contributed by atoms with Gasteiger partial charge < -0.3 is 14.6 Å². The van der Waals surface area contributed by atoms with Gasteiger partial charge >= 0.3 is 11.9 Å². The molecule has 1 N–H and O–H groups in total. The number of aliphatic hydroxyl groups excluding tert-OH is 1. The van der Waals surface area contributed by atoms with Crippen LogP contribution in [-0.2, 0) is 19.1 Å². The van der Waals surface area contributed by atoms with Crippen molar-refractivity contribution in [3.63, 3.8) is 0 Å². The van der Waals surface area contributed by atoms with E-state index in [0.29, 0.717) is 0 Å². The number of halogens is 2. The molecule has 0 saturated heterocycles. The molecule has 0 aromatic heterocycles. The monoisotopic (exact) mass is 362 g/mol. The largest absolute Gasteiger partial charge is 0.465 e. The fourth-order valence-electron chi connectivity index (χ4n) is 1.71. The Morgan fingerprint density at radius 2 is 1.76 bits per heavy atom. The van der Waals surface area contributed by atoms with Gasteiger partial charge in [0.25, 0.3) is 0 Å². The van der Waals surface area contributed by atoms with Gasteiger partial charge in [0.2, 0.25) is 0 Å². The molecule has 7 heteroatoms. The van der Waals surface area contributed by atoms with E-state index in [9.17, 15) is 19.1 Å². The van der Waals surface area contributed by atoms with Gasteiger partial charge in [-0.05, 0) is 47.5 Å². The van der Waals surface area contributed by atoms with Crippen LogP contribution in [0.25, 0.3) is 0 Å². The molecule has 1 atom stereocenters. The summed E-state index contributed by atoms with van der Waals surface area (Å²) in [5.74, 6) is -3.98. The minimum absolute atomic E-state index is 0.0517. The standard InChI is InChI=1S/C14H16BrFO5/c1-3-20-13(18)11(14(19)21-4-2)12(17)8-5-6-9(15)10(16)7-8/h5-7,11-12,17H,3-4H2,1-2H3. The quantitative estimate of drug-likeness (QED) is 0.621. The Morgan fingerprint density at radius 1 is 1.24 bits per heavy atom. The molecule has 0 amide bonds. The topological polar surface area (TPSA) is 72.8 Å². The summed E-state index contributed by atoms with van der Waals surface area (Å²) >= 11 is 2.98. The van der Waals surface area contributed by atoms with Crippen LogP contribution in [0.1, 0.15) is 25.5 Å². The van der Waals surface area contributed by atoms with Crippen molar-refractivity contribution in [3.8, 4) is 0 Å². The molecule has 1 aromatic rings. The van der Waals surface area contributed by atoms with Crippen molar-refractivity contribution in [2.24, 2.45) is 5.92 Å². The second-order valence-corrected chi connectivity index (χ2v) is 4.95. The molecule has 0 radical (unpaired) electrons. The zero-order chi connectivity index (χ0) is 16.0. The van der Waals surface area contributed by atoms with Gasteiger partial charge in [-0.3, -0.25) is 9.59 Å². The summed E-state index contributed by atoms with van der Waals surface area (Å²) in [7, 11) is 0. The minimum Gasteiger partial charge on any atom is -0.465 e. The van der Waals surface area contributed by atoms with E-state index in [2.05, 4.69) is 15.9 Å². The molecule has 0 bridgehead atoms. The molecule has 0 saturated carbocycles. The first kappa shape index (κ1) is 17.6. The first-order valence-electron chi connectivity index (χ1n) is 6.38. The van der Waals surface area contributed by atoms with Gasteiger partial charge in [-0.1, -0.05) is 6.07 Å². The van der Waals surface area contributed by atoms with Gasteiger partial charge in [-0.2, -0.15) is 0 Å². The molecule has 0 aliphatic rings. The lowest BCUT2D eigenvalue weighted by atomic mass is 9.95. The summed E-state index contributed by atoms with van der Waals surface area (Å²) in [6.07, 6.45) is -1.55. The summed E-state index contributed by atoms with van der Waals surface area (Å²) in [5, 5.41) is 10.2. The molecule has 0 fully saturated rings. The van der Waals surface area contributed by atoms with E-state index < -0.39 is 29.8 Å². The second-order valence-electron chi connectivity index (χ2n) is 4.10. The molecule has 1 unspecified atom stereocenters. The van der Waals surface area contributed by atoms with Crippen LogP contribution in [0.4, 0.5) is 4.39 Å². The van der Waals surface area contributed by atoms with Crippen LogP contribution < -0.4 is 0 Å². The fraction of sp³-hybridized carbons (Fsp3) is 0.429. The highest BCUT2D eigenvalue weighted by Crippen LogP contribution is 2.27. The molecule has 0 aliphatic heterocycles. The maximum Gasteiger partial charge on any atom is 0.323 e. The number of hydrogen-bond donors (Lipinski definition) is 1. The summed E-state index contributed by atoms with van der Waals surface area (Å²) in [4.78, 5) is 23.7. The highest BCUT2D eigenvalue weighted by atomic mass is 79.9. The molecular formula is C14H16BrFO5. The minimum atomic E-state index is -1.55. The maximum atomic E-state index is 13.5. The summed E-state index contributed by atoms with van der Waals surface area (Å²) in [5.41, 5.74) is 0.0850. The highest BCUT2D eigenvalue weighted by molar-refractivity contribution is 9.10. The molecule has 1 aromatic carbocycles. The third-order valence-corrected chi connectivity index (χ3v) is 3.33. The van der Waals surface area contributed by atoms with Crippen LogP contribution in [0.15, 0.2) is 22.7 Å². The Hall–Kier alpha value is -1.47. The molecule has 116 valence electrons. The Labute approximate surface area is 130 Å². The van der Waals surface area contributed by atoms with Crippen molar-refractivity contribution in [2.45, 2.75) is 20.0 Å². The highest BCUT2D eigenvalue weighted by Gasteiger charge is 2.37. The maximum absolute atomic E-state index is 13.5. The van der Waals surface area contributed by atoms with Crippen molar-refractivity contribution < 1.29 is 28.6 Å². The van der Waals surface area contributed by atoms with Crippen LogP contribution in [0.5, 0.6) is 0 Å². The first-order valence-corrected chi connectivity index (χ1v) is 7.17. The van der Waals surface area contributed by atoms with Crippen LogP contribution >= 0.6 is 15.9 Å². The summed E-state index contributed by atoms with van der Waals surface area (Å²) in [6.45, 7) is 3.25. The van der Waals surface area contributed by atoms with Gasteiger partial charge in [0.05, 0.1) is 17.7 Å². The zero-order valence-corrected chi connectivity index (χ0v) is 13.2. The van der Waals surface area contributed by atoms with E-state index in [0.717, 1.165) is 6.07 Å². The van der Waals surface area contributed by atoms with E-state index in [4.69, 9.17) is 9.47 Å². The van der Waals surface area contributed by atoms with Crippen molar-refractivity contribution in [3.05, 3.63) is 34.1 Å². The van der Waals surface area contributed by atoms with Crippen LogP contribution in [0.2, 0.25) is 0 Å². The van der Waals surface area contributed by atoms with Crippen molar-refractivity contribution in [1.82, 2.24) is 0 Å². The lowest BCUT2D eigenvalue weighted by Gasteiger charge is -2.20. The van der Waals surface area contributed by atoms with Crippen molar-refractivity contribution in [1.29, 1.82) is 0 Å². The average molecular weight is 363 g/mol.